The van der Waals surface area contributed by atoms with Crippen molar-refractivity contribution in [1.82, 2.24) is 5.32 Å². The molecule has 1 aliphatic rings. The first kappa shape index (κ1) is 7.88. The highest BCUT2D eigenvalue weighted by Gasteiger charge is 2.38. The Bertz CT molecular complexity index is 118. The van der Waals surface area contributed by atoms with Crippen molar-refractivity contribution in [1.29, 1.82) is 0 Å². The minimum atomic E-state index is -2.52. The highest BCUT2D eigenvalue weighted by Crippen LogP contribution is 2.24. The van der Waals surface area contributed by atoms with E-state index in [1.807, 2.05) is 0 Å². The van der Waals surface area contributed by atoms with Crippen LogP contribution in [0.3, 0.4) is 0 Å². The number of hydrogen-bond acceptors (Lipinski definition) is 2. The van der Waals surface area contributed by atoms with Gasteiger partial charge in [-0.1, -0.05) is 0 Å². The van der Waals surface area contributed by atoms with Crippen LogP contribution in [0.5, 0.6) is 0 Å². The van der Waals surface area contributed by atoms with E-state index in [2.05, 4.69) is 5.32 Å². The van der Waals surface area contributed by atoms with E-state index >= 15 is 0 Å². The summed E-state index contributed by atoms with van der Waals surface area (Å²) in [5.74, 6) is -2.52. The van der Waals surface area contributed by atoms with Gasteiger partial charge in [0.1, 0.15) is 0 Å². The first-order valence-electron chi connectivity index (χ1n) is 3.24. The highest BCUT2D eigenvalue weighted by molar-refractivity contribution is 4.86. The number of alkyl halides is 2. The summed E-state index contributed by atoms with van der Waals surface area (Å²) in [6.45, 7) is 0.163. The van der Waals surface area contributed by atoms with Gasteiger partial charge in [-0.3, -0.25) is 0 Å². The molecule has 1 fully saturated rings. The van der Waals surface area contributed by atoms with E-state index in [0.717, 1.165) is 0 Å². The van der Waals surface area contributed by atoms with Gasteiger partial charge in [0.2, 0.25) is 0 Å². The molecule has 1 aliphatic heterocycles. The van der Waals surface area contributed by atoms with Crippen LogP contribution in [-0.2, 0) is 4.74 Å². The van der Waals surface area contributed by atoms with Gasteiger partial charge in [0.25, 0.3) is 5.92 Å². The van der Waals surface area contributed by atoms with Crippen LogP contribution in [0, 0.1) is 0 Å². The smallest absolute Gasteiger partial charge is 0.261 e. The zero-order valence-corrected chi connectivity index (χ0v) is 5.86. The van der Waals surface area contributed by atoms with Crippen LogP contribution in [0.4, 0.5) is 8.78 Å². The van der Waals surface area contributed by atoms with E-state index in [4.69, 9.17) is 4.74 Å². The van der Waals surface area contributed by atoms with Crippen molar-refractivity contribution in [2.24, 2.45) is 0 Å². The Balaban J connectivity index is 2.29. The molecule has 0 aromatic rings. The van der Waals surface area contributed by atoms with Gasteiger partial charge in [-0.25, -0.2) is 8.78 Å². The Hall–Kier alpha value is -0.220. The van der Waals surface area contributed by atoms with Crippen LogP contribution in [-0.4, -0.2) is 32.2 Å². The van der Waals surface area contributed by atoms with E-state index in [1.54, 1.807) is 0 Å². The average molecular weight is 151 g/mol. The molecule has 0 aromatic carbocycles. The van der Waals surface area contributed by atoms with E-state index < -0.39 is 5.92 Å². The van der Waals surface area contributed by atoms with Crippen LogP contribution in [0.2, 0.25) is 0 Å². The maximum atomic E-state index is 12.4. The number of rotatable bonds is 2. The summed E-state index contributed by atoms with van der Waals surface area (Å²) in [6.07, 6.45) is -0.0964. The fourth-order valence-corrected chi connectivity index (χ4v) is 1.12. The van der Waals surface area contributed by atoms with Crippen molar-refractivity contribution in [3.05, 3.63) is 0 Å². The van der Waals surface area contributed by atoms with Gasteiger partial charge in [-0.15, -0.1) is 0 Å². The molecule has 2 nitrogen and oxygen atoms in total. The molecule has 10 heavy (non-hydrogen) atoms. The van der Waals surface area contributed by atoms with Crippen LogP contribution in [0.15, 0.2) is 0 Å². The van der Waals surface area contributed by atoms with E-state index in [9.17, 15) is 8.78 Å². The molecule has 1 heterocycles. The van der Waals surface area contributed by atoms with E-state index in [0.29, 0.717) is 6.61 Å². The summed E-state index contributed by atoms with van der Waals surface area (Å²) in [5.41, 5.74) is 0. The summed E-state index contributed by atoms with van der Waals surface area (Å²) in [7, 11) is 1.51. The van der Waals surface area contributed by atoms with Gasteiger partial charge in [-0.05, 0) is 0 Å². The third-order valence-corrected chi connectivity index (χ3v) is 1.56. The van der Waals surface area contributed by atoms with Crippen molar-refractivity contribution >= 4 is 0 Å². The Morgan fingerprint density at radius 2 is 2.40 bits per heavy atom. The monoisotopic (exact) mass is 151 g/mol. The molecule has 1 rings (SSSR count). The lowest BCUT2D eigenvalue weighted by Crippen LogP contribution is -2.26. The van der Waals surface area contributed by atoms with Gasteiger partial charge in [-0.2, -0.15) is 0 Å². The molecule has 0 radical (unpaired) electrons. The molecule has 60 valence electrons. The van der Waals surface area contributed by atoms with Crippen molar-refractivity contribution in [3.8, 4) is 0 Å². The average Bonchev–Trinajstić information content (AvgIpc) is 2.12. The second-order valence-electron chi connectivity index (χ2n) is 2.59. The standard InChI is InChI=1S/C6H11F2NO/c1-10-3-5-2-6(7,8)4-9-5/h5,9H,2-4H2,1H3/t5-/m1/s1. The minimum Gasteiger partial charge on any atom is -0.383 e. The number of nitrogens with one attached hydrogen (secondary N) is 1. The molecule has 0 saturated carbocycles. The van der Waals surface area contributed by atoms with Crippen molar-refractivity contribution < 1.29 is 13.5 Å². The first-order chi connectivity index (χ1) is 4.64. The lowest BCUT2D eigenvalue weighted by molar-refractivity contribution is 0.0181. The zero-order chi connectivity index (χ0) is 7.61. The molecule has 0 aliphatic carbocycles. The van der Waals surface area contributed by atoms with Crippen LogP contribution in [0.25, 0.3) is 0 Å². The fourth-order valence-electron chi connectivity index (χ4n) is 1.12. The molecule has 1 N–H and O–H groups in total. The third kappa shape index (κ3) is 1.88. The highest BCUT2D eigenvalue weighted by atomic mass is 19.3. The Kier molecular flexibility index (Phi) is 2.21. The molecule has 0 aromatic heterocycles. The second kappa shape index (κ2) is 2.80. The number of ether oxygens (including phenoxy) is 1. The zero-order valence-electron chi connectivity index (χ0n) is 5.86. The van der Waals surface area contributed by atoms with Crippen molar-refractivity contribution in [3.63, 3.8) is 0 Å². The van der Waals surface area contributed by atoms with Gasteiger partial charge >= 0.3 is 0 Å². The van der Waals surface area contributed by atoms with Crippen LogP contribution >= 0.6 is 0 Å². The molecule has 1 saturated heterocycles. The minimum absolute atomic E-state index is 0.0964. The van der Waals surface area contributed by atoms with Gasteiger partial charge in [0.15, 0.2) is 0 Å². The van der Waals surface area contributed by atoms with E-state index in [-0.39, 0.29) is 19.0 Å². The van der Waals surface area contributed by atoms with Crippen molar-refractivity contribution in [2.75, 3.05) is 20.3 Å². The number of hydrogen-bond donors (Lipinski definition) is 1. The predicted octanol–water partition coefficient (Wildman–Crippen LogP) is 0.630. The Morgan fingerprint density at radius 1 is 1.70 bits per heavy atom. The maximum absolute atomic E-state index is 12.4. The Morgan fingerprint density at radius 3 is 2.80 bits per heavy atom. The molecule has 4 heteroatoms. The first-order valence-corrected chi connectivity index (χ1v) is 3.24. The molecule has 1 atom stereocenters. The predicted molar refractivity (Wildman–Crippen MR) is 33.2 cm³/mol. The molecular formula is C6H11F2NO. The third-order valence-electron chi connectivity index (χ3n) is 1.56. The van der Waals surface area contributed by atoms with Gasteiger partial charge in [0, 0.05) is 19.6 Å². The lowest BCUT2D eigenvalue weighted by Gasteiger charge is -2.07. The lowest BCUT2D eigenvalue weighted by atomic mass is 10.2. The Labute approximate surface area is 58.6 Å². The quantitative estimate of drug-likeness (QED) is 0.625. The summed E-state index contributed by atoms with van der Waals surface area (Å²) < 4.78 is 29.5. The molecular weight excluding hydrogens is 140 g/mol. The van der Waals surface area contributed by atoms with Crippen LogP contribution < -0.4 is 5.32 Å². The normalized spacial score (nSPS) is 30.9. The van der Waals surface area contributed by atoms with Crippen LogP contribution in [0.1, 0.15) is 6.42 Å². The summed E-state index contributed by atoms with van der Waals surface area (Å²) in [4.78, 5) is 0. The fraction of sp³-hybridized carbons (Fsp3) is 1.00. The second-order valence-corrected chi connectivity index (χ2v) is 2.59. The molecule has 0 spiro atoms. The van der Waals surface area contributed by atoms with E-state index in [1.165, 1.54) is 7.11 Å². The largest absolute Gasteiger partial charge is 0.383 e. The van der Waals surface area contributed by atoms with Crippen molar-refractivity contribution in [2.45, 2.75) is 18.4 Å². The van der Waals surface area contributed by atoms with Gasteiger partial charge < -0.3 is 10.1 Å². The molecule has 0 bridgehead atoms. The molecule has 0 unspecified atom stereocenters. The number of methoxy groups -OCH3 is 1. The topological polar surface area (TPSA) is 21.3 Å². The summed E-state index contributed by atoms with van der Waals surface area (Å²) in [6, 6.07) is -0.167. The summed E-state index contributed by atoms with van der Waals surface area (Å²) in [5, 5.41) is 2.67. The summed E-state index contributed by atoms with van der Waals surface area (Å²) >= 11 is 0. The van der Waals surface area contributed by atoms with Gasteiger partial charge in [0.05, 0.1) is 13.2 Å². The SMILES string of the molecule is COC[C@H]1CC(F)(F)CN1. The number of halogens is 2. The molecule has 0 amide bonds. The maximum Gasteiger partial charge on any atom is 0.261 e.